The van der Waals surface area contributed by atoms with Crippen LogP contribution in [0.15, 0.2) is 34.7 Å². The minimum Gasteiger partial charge on any atom is -0.460 e. The fourth-order valence-electron chi connectivity index (χ4n) is 3.70. The van der Waals surface area contributed by atoms with Crippen LogP contribution in [0.4, 0.5) is 8.78 Å². The first-order chi connectivity index (χ1) is 14.0. The lowest BCUT2D eigenvalue weighted by molar-refractivity contribution is -0.906. The molecule has 0 spiro atoms. The predicted octanol–water partition coefficient (Wildman–Crippen LogP) is 1.51. The van der Waals surface area contributed by atoms with E-state index in [4.69, 9.17) is 9.15 Å². The molecule has 2 aromatic heterocycles. The summed E-state index contributed by atoms with van der Waals surface area (Å²) < 4.78 is 39.7. The first-order valence-corrected chi connectivity index (χ1v) is 9.74. The summed E-state index contributed by atoms with van der Waals surface area (Å²) in [5, 5.41) is 2.96. The molecule has 1 aliphatic rings. The van der Waals surface area contributed by atoms with Crippen molar-refractivity contribution in [1.29, 1.82) is 0 Å². The van der Waals surface area contributed by atoms with Gasteiger partial charge in [0, 0.05) is 18.7 Å². The van der Waals surface area contributed by atoms with E-state index < -0.39 is 11.6 Å². The zero-order valence-electron chi connectivity index (χ0n) is 16.3. The van der Waals surface area contributed by atoms with E-state index in [2.05, 4.69) is 5.32 Å². The maximum Gasteiger partial charge on any atom is 0.268 e. The van der Waals surface area contributed by atoms with E-state index in [0.29, 0.717) is 23.4 Å². The predicted molar refractivity (Wildman–Crippen MR) is 103 cm³/mol. The average molecular weight is 404 g/mol. The summed E-state index contributed by atoms with van der Waals surface area (Å²) in [6, 6.07) is 7.29. The molecule has 0 saturated carbocycles. The molecule has 1 fully saturated rings. The molecule has 1 saturated heterocycles. The van der Waals surface area contributed by atoms with Crippen molar-refractivity contribution in [2.75, 3.05) is 39.4 Å². The summed E-state index contributed by atoms with van der Waals surface area (Å²) in [5.41, 5.74) is 2.33. The van der Waals surface area contributed by atoms with Crippen molar-refractivity contribution in [2.24, 2.45) is 0 Å². The van der Waals surface area contributed by atoms with Gasteiger partial charge in [-0.2, -0.15) is 0 Å². The van der Waals surface area contributed by atoms with E-state index in [1.807, 2.05) is 13.0 Å². The minimum absolute atomic E-state index is 0.218. The van der Waals surface area contributed by atoms with Gasteiger partial charge in [-0.1, -0.05) is 6.07 Å². The Morgan fingerprint density at radius 1 is 1.17 bits per heavy atom. The number of carbonyl (C=O) groups excluding carboxylic acids is 1. The van der Waals surface area contributed by atoms with Gasteiger partial charge in [0.2, 0.25) is 0 Å². The summed E-state index contributed by atoms with van der Waals surface area (Å²) >= 11 is 0. The Morgan fingerprint density at radius 3 is 2.72 bits per heavy atom. The monoisotopic (exact) mass is 404 g/mol. The number of morpholine rings is 1. The van der Waals surface area contributed by atoms with Crippen LogP contribution < -0.4 is 10.2 Å². The average Bonchev–Trinajstić information content (AvgIpc) is 3.22. The van der Waals surface area contributed by atoms with Crippen molar-refractivity contribution in [1.82, 2.24) is 9.88 Å². The molecular weight excluding hydrogens is 380 g/mol. The van der Waals surface area contributed by atoms with Crippen molar-refractivity contribution in [3.8, 4) is 0 Å². The number of hydrogen-bond acceptors (Lipinski definition) is 3. The maximum atomic E-state index is 13.6. The van der Waals surface area contributed by atoms with Crippen LogP contribution in [0.1, 0.15) is 21.8 Å². The maximum absolute atomic E-state index is 13.6. The van der Waals surface area contributed by atoms with Crippen LogP contribution in [0.2, 0.25) is 0 Å². The topological polar surface area (TPSA) is 60.8 Å². The molecule has 3 aromatic rings. The number of fused-ring (bicyclic) bond motifs is 1. The van der Waals surface area contributed by atoms with Crippen LogP contribution in [-0.2, 0) is 11.3 Å². The Hall–Kier alpha value is -2.71. The van der Waals surface area contributed by atoms with Crippen molar-refractivity contribution in [3.05, 3.63) is 59.0 Å². The molecule has 0 aliphatic carbocycles. The largest absolute Gasteiger partial charge is 0.460 e. The fraction of sp³-hybridized carbons (Fsp3) is 0.381. The highest BCUT2D eigenvalue weighted by Gasteiger charge is 2.20. The number of ether oxygens (including phenoxy) is 1. The highest BCUT2D eigenvalue weighted by atomic mass is 19.2. The lowest BCUT2D eigenvalue weighted by Crippen LogP contribution is -3.14. The van der Waals surface area contributed by atoms with Gasteiger partial charge in [0.1, 0.15) is 24.5 Å². The van der Waals surface area contributed by atoms with Gasteiger partial charge in [-0.05, 0) is 24.6 Å². The highest BCUT2D eigenvalue weighted by Crippen LogP contribution is 2.25. The van der Waals surface area contributed by atoms with Gasteiger partial charge in [0.15, 0.2) is 17.2 Å². The van der Waals surface area contributed by atoms with Gasteiger partial charge >= 0.3 is 0 Å². The Kier molecular flexibility index (Phi) is 5.64. The van der Waals surface area contributed by atoms with E-state index in [9.17, 15) is 13.6 Å². The molecular formula is C21H24F2N3O3+. The van der Waals surface area contributed by atoms with Gasteiger partial charge in [-0.25, -0.2) is 8.78 Å². The normalized spacial score (nSPS) is 15.1. The van der Waals surface area contributed by atoms with E-state index >= 15 is 0 Å². The third-order valence-corrected chi connectivity index (χ3v) is 5.23. The van der Waals surface area contributed by atoms with E-state index in [-0.39, 0.29) is 12.5 Å². The van der Waals surface area contributed by atoms with Crippen molar-refractivity contribution in [3.63, 3.8) is 0 Å². The standard InChI is InChI=1S/C21H23F2N3O3/c1-14-10-18-20(29-14)12-19(21(27)24-4-5-25-6-8-28-9-7-25)26(18)13-15-2-3-16(22)17(23)11-15/h2-3,10-12H,4-9,13H2,1H3,(H,24,27)/p+1. The Balaban J connectivity index is 1.53. The summed E-state index contributed by atoms with van der Waals surface area (Å²) in [6.45, 7) is 6.80. The Morgan fingerprint density at radius 2 is 1.97 bits per heavy atom. The van der Waals surface area contributed by atoms with Crippen LogP contribution in [0.25, 0.3) is 11.1 Å². The summed E-state index contributed by atoms with van der Waals surface area (Å²) in [5.74, 6) is -1.30. The van der Waals surface area contributed by atoms with E-state index in [1.54, 1.807) is 10.6 Å². The first kappa shape index (κ1) is 19.6. The molecule has 8 heteroatoms. The Bertz CT molecular complexity index is 1020. The lowest BCUT2D eigenvalue weighted by atomic mass is 10.2. The number of benzene rings is 1. The summed E-state index contributed by atoms with van der Waals surface area (Å²) in [6.07, 6.45) is 0. The molecule has 1 aromatic carbocycles. The molecule has 1 amide bonds. The smallest absolute Gasteiger partial charge is 0.268 e. The number of nitrogens with one attached hydrogen (secondary N) is 2. The number of nitrogens with zero attached hydrogens (tertiary/aromatic N) is 1. The molecule has 0 radical (unpaired) electrons. The number of aromatic nitrogens is 1. The van der Waals surface area contributed by atoms with Gasteiger partial charge in [0.25, 0.3) is 5.91 Å². The second-order valence-electron chi connectivity index (χ2n) is 7.34. The molecule has 2 N–H and O–H groups in total. The number of furan rings is 1. The Labute approximate surface area is 167 Å². The van der Waals surface area contributed by atoms with Crippen molar-refractivity contribution in [2.45, 2.75) is 13.5 Å². The van der Waals surface area contributed by atoms with E-state index in [0.717, 1.165) is 56.3 Å². The van der Waals surface area contributed by atoms with Crippen LogP contribution in [0, 0.1) is 18.6 Å². The number of amides is 1. The molecule has 0 atom stereocenters. The lowest BCUT2D eigenvalue weighted by Gasteiger charge is -2.23. The number of quaternary nitrogens is 1. The molecule has 29 heavy (non-hydrogen) atoms. The third-order valence-electron chi connectivity index (χ3n) is 5.23. The summed E-state index contributed by atoms with van der Waals surface area (Å²) in [7, 11) is 0. The number of halogens is 2. The zero-order valence-corrected chi connectivity index (χ0v) is 16.3. The third kappa shape index (κ3) is 4.33. The zero-order chi connectivity index (χ0) is 20.4. The molecule has 4 rings (SSSR count). The van der Waals surface area contributed by atoms with Gasteiger partial charge in [0.05, 0.1) is 31.8 Å². The molecule has 6 nitrogen and oxygen atoms in total. The van der Waals surface area contributed by atoms with Gasteiger partial charge in [-0.15, -0.1) is 0 Å². The SMILES string of the molecule is Cc1cc2c(cc(C(=O)NCC[NH+]3CCOCC3)n2Cc2ccc(F)c(F)c2)o1. The number of aryl methyl sites for hydroxylation is 1. The van der Waals surface area contributed by atoms with Gasteiger partial charge in [-0.3, -0.25) is 4.79 Å². The molecule has 0 bridgehead atoms. The van der Waals surface area contributed by atoms with Crippen molar-refractivity contribution < 1.29 is 27.6 Å². The fourth-order valence-corrected chi connectivity index (χ4v) is 3.70. The summed E-state index contributed by atoms with van der Waals surface area (Å²) in [4.78, 5) is 14.2. The van der Waals surface area contributed by atoms with Crippen molar-refractivity contribution >= 4 is 17.0 Å². The quantitative estimate of drug-likeness (QED) is 0.655. The number of rotatable bonds is 6. The molecule has 1 aliphatic heterocycles. The second kappa shape index (κ2) is 8.34. The van der Waals surface area contributed by atoms with Crippen LogP contribution in [-0.4, -0.2) is 49.9 Å². The second-order valence-corrected chi connectivity index (χ2v) is 7.34. The molecule has 154 valence electrons. The molecule has 0 unspecified atom stereocenters. The van der Waals surface area contributed by atoms with Crippen LogP contribution in [0.5, 0.6) is 0 Å². The van der Waals surface area contributed by atoms with Gasteiger partial charge < -0.3 is 23.9 Å². The van der Waals surface area contributed by atoms with E-state index in [1.165, 1.54) is 11.0 Å². The highest BCUT2D eigenvalue weighted by molar-refractivity contribution is 5.97. The number of carbonyl (C=O) groups is 1. The first-order valence-electron chi connectivity index (χ1n) is 9.74. The number of hydrogen-bond donors (Lipinski definition) is 2. The molecule has 3 heterocycles. The minimum atomic E-state index is -0.909. The van der Waals surface area contributed by atoms with Crippen LogP contribution in [0.3, 0.4) is 0 Å². The van der Waals surface area contributed by atoms with Crippen LogP contribution >= 0.6 is 0 Å².